The minimum absolute atomic E-state index is 0.668. The van der Waals surface area contributed by atoms with Crippen LogP contribution in [-0.4, -0.2) is 31.1 Å². The molecular weight excluding hydrogens is 222 g/mol. The van der Waals surface area contributed by atoms with Crippen molar-refractivity contribution in [2.45, 2.75) is 44.1 Å². The summed E-state index contributed by atoms with van der Waals surface area (Å²) in [5.41, 5.74) is 1.40. The molecule has 1 unspecified atom stereocenters. The Bertz CT molecular complexity index is 398. The number of ether oxygens (including phenoxy) is 1. The highest BCUT2D eigenvalue weighted by Gasteiger charge is 2.31. The zero-order chi connectivity index (χ0) is 12.4. The van der Waals surface area contributed by atoms with E-state index in [0.717, 1.165) is 11.8 Å². The fourth-order valence-electron chi connectivity index (χ4n) is 3.65. The first-order valence-corrected chi connectivity index (χ1v) is 7.25. The third-order valence-electron chi connectivity index (χ3n) is 4.64. The van der Waals surface area contributed by atoms with Crippen LogP contribution in [0.5, 0.6) is 5.75 Å². The Kier molecular flexibility index (Phi) is 3.55. The van der Waals surface area contributed by atoms with Crippen LogP contribution in [-0.2, 0) is 0 Å². The van der Waals surface area contributed by atoms with Gasteiger partial charge in [-0.2, -0.15) is 0 Å². The molecule has 1 aliphatic carbocycles. The molecule has 1 atom stereocenters. The monoisotopic (exact) mass is 245 g/mol. The largest absolute Gasteiger partial charge is 0.496 e. The van der Waals surface area contributed by atoms with E-state index in [1.165, 1.54) is 50.8 Å². The van der Waals surface area contributed by atoms with Crippen molar-refractivity contribution < 1.29 is 4.74 Å². The smallest absolute Gasteiger partial charge is 0.122 e. The second-order valence-electron chi connectivity index (χ2n) is 5.66. The fourth-order valence-corrected chi connectivity index (χ4v) is 3.65. The summed E-state index contributed by atoms with van der Waals surface area (Å²) in [5, 5.41) is 0. The molecule has 0 aromatic heterocycles. The fraction of sp³-hybridized carbons (Fsp3) is 0.625. The first-order chi connectivity index (χ1) is 8.88. The molecule has 2 fully saturated rings. The molecule has 0 radical (unpaired) electrons. The van der Waals surface area contributed by atoms with Gasteiger partial charge in [-0.1, -0.05) is 31.0 Å². The predicted octanol–water partition coefficient (Wildman–Crippen LogP) is 3.43. The molecule has 2 nitrogen and oxygen atoms in total. The van der Waals surface area contributed by atoms with Crippen molar-refractivity contribution in [1.29, 1.82) is 0 Å². The van der Waals surface area contributed by atoms with E-state index >= 15 is 0 Å². The number of hydrogen-bond acceptors (Lipinski definition) is 2. The summed E-state index contributed by atoms with van der Waals surface area (Å²) in [6.45, 7) is 2.50. The van der Waals surface area contributed by atoms with E-state index in [0.29, 0.717) is 5.92 Å². The summed E-state index contributed by atoms with van der Waals surface area (Å²) in [6, 6.07) is 9.39. The normalized spacial score (nSPS) is 25.7. The van der Waals surface area contributed by atoms with Crippen LogP contribution in [0.4, 0.5) is 0 Å². The van der Waals surface area contributed by atoms with Crippen LogP contribution in [0.3, 0.4) is 0 Å². The van der Waals surface area contributed by atoms with Crippen LogP contribution in [0.2, 0.25) is 0 Å². The molecule has 1 heterocycles. The van der Waals surface area contributed by atoms with Crippen molar-refractivity contribution in [2.24, 2.45) is 0 Å². The van der Waals surface area contributed by atoms with Gasteiger partial charge >= 0.3 is 0 Å². The van der Waals surface area contributed by atoms with Gasteiger partial charge in [-0.25, -0.2) is 0 Å². The van der Waals surface area contributed by atoms with Gasteiger partial charge in [0.25, 0.3) is 0 Å². The third kappa shape index (κ3) is 2.26. The van der Waals surface area contributed by atoms with Gasteiger partial charge in [-0.05, 0) is 37.4 Å². The Hall–Kier alpha value is -1.02. The average Bonchev–Trinajstić information content (AvgIpc) is 3.09. The molecule has 1 saturated carbocycles. The number of hydrogen-bond donors (Lipinski definition) is 0. The highest BCUT2D eigenvalue weighted by molar-refractivity contribution is 5.37. The minimum Gasteiger partial charge on any atom is -0.496 e. The van der Waals surface area contributed by atoms with Gasteiger partial charge in [0, 0.05) is 18.5 Å². The molecule has 1 aliphatic heterocycles. The van der Waals surface area contributed by atoms with E-state index in [-0.39, 0.29) is 0 Å². The molecular formula is C16H23NO. The van der Waals surface area contributed by atoms with Gasteiger partial charge in [0.15, 0.2) is 0 Å². The van der Waals surface area contributed by atoms with Gasteiger partial charge in [0.2, 0.25) is 0 Å². The van der Waals surface area contributed by atoms with Crippen molar-refractivity contribution in [2.75, 3.05) is 20.2 Å². The Labute approximate surface area is 110 Å². The van der Waals surface area contributed by atoms with Crippen LogP contribution >= 0.6 is 0 Å². The molecule has 1 aromatic carbocycles. The zero-order valence-corrected chi connectivity index (χ0v) is 11.3. The summed E-state index contributed by atoms with van der Waals surface area (Å²) in [7, 11) is 1.78. The van der Waals surface area contributed by atoms with E-state index in [1.807, 2.05) is 0 Å². The highest BCUT2D eigenvalue weighted by atomic mass is 16.5. The SMILES string of the molecule is COc1ccccc1C1CCN(C2CCCC2)C1. The van der Waals surface area contributed by atoms with E-state index in [4.69, 9.17) is 4.74 Å². The summed E-state index contributed by atoms with van der Waals surface area (Å²) in [5.74, 6) is 1.73. The van der Waals surface area contributed by atoms with Crippen LogP contribution in [0, 0.1) is 0 Å². The van der Waals surface area contributed by atoms with Crippen molar-refractivity contribution in [1.82, 2.24) is 4.90 Å². The lowest BCUT2D eigenvalue weighted by atomic mass is 9.97. The van der Waals surface area contributed by atoms with E-state index < -0.39 is 0 Å². The van der Waals surface area contributed by atoms with E-state index in [1.54, 1.807) is 7.11 Å². The van der Waals surface area contributed by atoms with Gasteiger partial charge in [-0.15, -0.1) is 0 Å². The molecule has 0 spiro atoms. The molecule has 0 amide bonds. The lowest BCUT2D eigenvalue weighted by Gasteiger charge is -2.23. The van der Waals surface area contributed by atoms with Gasteiger partial charge in [0.1, 0.15) is 5.75 Å². The van der Waals surface area contributed by atoms with Crippen molar-refractivity contribution in [3.05, 3.63) is 29.8 Å². The average molecular weight is 245 g/mol. The lowest BCUT2D eigenvalue weighted by Crippen LogP contribution is -2.30. The van der Waals surface area contributed by atoms with E-state index in [9.17, 15) is 0 Å². The molecule has 98 valence electrons. The van der Waals surface area contributed by atoms with Crippen molar-refractivity contribution in [3.8, 4) is 5.75 Å². The summed E-state index contributed by atoms with van der Waals surface area (Å²) >= 11 is 0. The zero-order valence-electron chi connectivity index (χ0n) is 11.3. The van der Waals surface area contributed by atoms with Gasteiger partial charge < -0.3 is 4.74 Å². The highest BCUT2D eigenvalue weighted by Crippen LogP contribution is 2.36. The molecule has 1 aromatic rings. The number of rotatable bonds is 3. The Morgan fingerprint density at radius 1 is 1.11 bits per heavy atom. The minimum atomic E-state index is 0.668. The summed E-state index contributed by atoms with van der Waals surface area (Å²) < 4.78 is 5.50. The number of methoxy groups -OCH3 is 1. The Morgan fingerprint density at radius 3 is 2.67 bits per heavy atom. The van der Waals surface area contributed by atoms with Gasteiger partial charge in [0.05, 0.1) is 7.11 Å². The third-order valence-corrected chi connectivity index (χ3v) is 4.64. The predicted molar refractivity (Wildman–Crippen MR) is 74.2 cm³/mol. The van der Waals surface area contributed by atoms with E-state index in [2.05, 4.69) is 29.2 Å². The maximum Gasteiger partial charge on any atom is 0.122 e. The number of likely N-dealkylation sites (tertiary alicyclic amines) is 1. The molecule has 1 saturated heterocycles. The molecule has 18 heavy (non-hydrogen) atoms. The number of para-hydroxylation sites is 1. The standard InChI is InChI=1S/C16H23NO/c1-18-16-9-5-4-8-15(16)13-10-11-17(12-13)14-6-2-3-7-14/h4-5,8-9,13-14H,2-3,6-7,10-12H2,1H3. The molecule has 3 rings (SSSR count). The van der Waals surface area contributed by atoms with Crippen LogP contribution in [0.1, 0.15) is 43.6 Å². The second kappa shape index (κ2) is 5.31. The Balaban J connectivity index is 1.71. The number of benzene rings is 1. The van der Waals surface area contributed by atoms with Gasteiger partial charge in [-0.3, -0.25) is 4.90 Å². The first-order valence-electron chi connectivity index (χ1n) is 7.25. The van der Waals surface area contributed by atoms with Crippen LogP contribution < -0.4 is 4.74 Å². The molecule has 2 aliphatic rings. The van der Waals surface area contributed by atoms with Crippen molar-refractivity contribution >= 4 is 0 Å². The van der Waals surface area contributed by atoms with Crippen LogP contribution in [0.15, 0.2) is 24.3 Å². The Morgan fingerprint density at radius 2 is 1.89 bits per heavy atom. The maximum atomic E-state index is 5.50. The number of nitrogens with zero attached hydrogens (tertiary/aromatic N) is 1. The van der Waals surface area contributed by atoms with Crippen LogP contribution in [0.25, 0.3) is 0 Å². The summed E-state index contributed by atoms with van der Waals surface area (Å²) in [4.78, 5) is 2.71. The lowest BCUT2D eigenvalue weighted by molar-refractivity contribution is 0.243. The quantitative estimate of drug-likeness (QED) is 0.809. The summed E-state index contributed by atoms with van der Waals surface area (Å²) in [6.07, 6.45) is 6.98. The molecule has 2 heteroatoms. The second-order valence-corrected chi connectivity index (χ2v) is 5.66. The molecule has 0 bridgehead atoms. The first kappa shape index (κ1) is 12.0. The van der Waals surface area contributed by atoms with Crippen molar-refractivity contribution in [3.63, 3.8) is 0 Å². The maximum absolute atomic E-state index is 5.50. The molecule has 0 N–H and O–H groups in total. The topological polar surface area (TPSA) is 12.5 Å².